The molecule has 0 spiro atoms. The Bertz CT molecular complexity index is 348. The lowest BCUT2D eigenvalue weighted by Gasteiger charge is -2.45. The smallest absolute Gasteiger partial charge is 0.133 e. The number of aryl methyl sites for hydroxylation is 1. The molecular formula is C12H18N2O. The summed E-state index contributed by atoms with van der Waals surface area (Å²) in [4.78, 5) is 0. The van der Waals surface area contributed by atoms with E-state index in [1.54, 1.807) is 0 Å². The van der Waals surface area contributed by atoms with Gasteiger partial charge < -0.3 is 9.84 Å². The number of nitrogens with one attached hydrogen (secondary N) is 1. The lowest BCUT2D eigenvalue weighted by Crippen LogP contribution is -2.50. The number of hydrogen-bond donors (Lipinski definition) is 1. The predicted octanol–water partition coefficient (Wildman–Crippen LogP) is 2.16. The molecule has 1 aliphatic heterocycles. The van der Waals surface area contributed by atoms with Gasteiger partial charge in [0.15, 0.2) is 0 Å². The Kier molecular flexibility index (Phi) is 2.09. The summed E-state index contributed by atoms with van der Waals surface area (Å²) in [6.45, 7) is 3.15. The molecule has 82 valence electrons. The summed E-state index contributed by atoms with van der Waals surface area (Å²) in [7, 11) is 0. The van der Waals surface area contributed by atoms with Gasteiger partial charge in [0.1, 0.15) is 5.76 Å². The van der Waals surface area contributed by atoms with Crippen molar-refractivity contribution < 1.29 is 4.52 Å². The summed E-state index contributed by atoms with van der Waals surface area (Å²) in [5, 5.41) is 7.86. The van der Waals surface area contributed by atoms with Gasteiger partial charge in [0.05, 0.1) is 5.69 Å². The van der Waals surface area contributed by atoms with Gasteiger partial charge in [-0.1, -0.05) is 11.6 Å². The van der Waals surface area contributed by atoms with Crippen molar-refractivity contribution in [1.29, 1.82) is 0 Å². The van der Waals surface area contributed by atoms with E-state index in [0.717, 1.165) is 5.76 Å². The van der Waals surface area contributed by atoms with Crippen LogP contribution in [0.5, 0.6) is 0 Å². The third kappa shape index (κ3) is 1.33. The van der Waals surface area contributed by atoms with Gasteiger partial charge in [0, 0.05) is 17.5 Å². The summed E-state index contributed by atoms with van der Waals surface area (Å²) in [5.74, 6) is 0.939. The molecule has 1 N–H and O–H groups in total. The quantitative estimate of drug-likeness (QED) is 0.805. The molecular weight excluding hydrogens is 188 g/mol. The van der Waals surface area contributed by atoms with E-state index in [4.69, 9.17) is 4.52 Å². The molecule has 3 rings (SSSR count). The number of nitrogens with zero attached hydrogens (tertiary/aromatic N) is 1. The summed E-state index contributed by atoms with van der Waals surface area (Å²) in [6, 6.07) is 2.76. The largest absolute Gasteiger partial charge is 0.361 e. The second-order valence-corrected chi connectivity index (χ2v) is 4.98. The average molecular weight is 206 g/mol. The van der Waals surface area contributed by atoms with E-state index in [-0.39, 0.29) is 0 Å². The molecule has 15 heavy (non-hydrogen) atoms. The van der Waals surface area contributed by atoms with Crippen molar-refractivity contribution in [1.82, 2.24) is 10.5 Å². The van der Waals surface area contributed by atoms with Crippen LogP contribution >= 0.6 is 0 Å². The maximum atomic E-state index is 5.23. The molecule has 1 unspecified atom stereocenters. The average Bonchev–Trinajstić information content (AvgIpc) is 2.75. The maximum absolute atomic E-state index is 5.23. The van der Waals surface area contributed by atoms with Gasteiger partial charge in [-0.15, -0.1) is 0 Å². The van der Waals surface area contributed by atoms with Crippen molar-refractivity contribution in [3.05, 3.63) is 17.5 Å². The highest BCUT2D eigenvalue weighted by Gasteiger charge is 2.48. The molecule has 2 aliphatic rings. The van der Waals surface area contributed by atoms with Crippen LogP contribution in [-0.2, 0) is 5.41 Å². The van der Waals surface area contributed by atoms with Crippen LogP contribution in [0.25, 0.3) is 0 Å². The number of rotatable bonds is 2. The second-order valence-electron chi connectivity index (χ2n) is 4.98. The standard InChI is InChI=1S/C12H18N2O/c1-9-8-11(14-15-9)12(5-3-6-12)10-4-2-7-13-10/h8,10,13H,2-7H2,1H3. The van der Waals surface area contributed by atoms with Gasteiger partial charge in [-0.2, -0.15) is 0 Å². The Labute approximate surface area is 90.2 Å². The highest BCUT2D eigenvalue weighted by atomic mass is 16.5. The van der Waals surface area contributed by atoms with Gasteiger partial charge in [-0.05, 0) is 39.2 Å². The van der Waals surface area contributed by atoms with E-state index in [2.05, 4.69) is 16.5 Å². The normalized spacial score (nSPS) is 29.0. The minimum atomic E-state index is 0.300. The molecule has 1 atom stereocenters. The van der Waals surface area contributed by atoms with E-state index in [9.17, 15) is 0 Å². The molecule has 0 bridgehead atoms. The zero-order valence-electron chi connectivity index (χ0n) is 9.25. The molecule has 0 aromatic carbocycles. The van der Waals surface area contributed by atoms with Gasteiger partial charge in [-0.25, -0.2) is 0 Å². The van der Waals surface area contributed by atoms with Crippen molar-refractivity contribution in [2.24, 2.45) is 0 Å². The van der Waals surface area contributed by atoms with Crippen LogP contribution in [0.15, 0.2) is 10.6 Å². The third-order valence-corrected chi connectivity index (χ3v) is 4.11. The number of hydrogen-bond acceptors (Lipinski definition) is 3. The van der Waals surface area contributed by atoms with Gasteiger partial charge in [0.25, 0.3) is 0 Å². The first-order valence-corrected chi connectivity index (χ1v) is 5.98. The van der Waals surface area contributed by atoms with Crippen LogP contribution in [0.3, 0.4) is 0 Å². The highest BCUT2D eigenvalue weighted by molar-refractivity contribution is 5.24. The molecule has 1 aliphatic carbocycles. The fraction of sp³-hybridized carbons (Fsp3) is 0.750. The first-order valence-electron chi connectivity index (χ1n) is 5.98. The fourth-order valence-corrected chi connectivity index (χ4v) is 3.10. The van der Waals surface area contributed by atoms with Gasteiger partial charge in [-0.3, -0.25) is 0 Å². The molecule has 3 heteroatoms. The Hall–Kier alpha value is -0.830. The topological polar surface area (TPSA) is 38.1 Å². The Morgan fingerprint density at radius 1 is 1.47 bits per heavy atom. The summed E-state index contributed by atoms with van der Waals surface area (Å²) in [6.07, 6.45) is 6.49. The monoisotopic (exact) mass is 206 g/mol. The lowest BCUT2D eigenvalue weighted by molar-refractivity contribution is 0.169. The van der Waals surface area contributed by atoms with E-state index in [1.165, 1.54) is 44.3 Å². The first-order chi connectivity index (χ1) is 7.31. The minimum absolute atomic E-state index is 0.300. The molecule has 1 saturated carbocycles. The molecule has 2 fully saturated rings. The molecule has 1 aromatic heterocycles. The predicted molar refractivity (Wildman–Crippen MR) is 57.8 cm³/mol. The summed E-state index contributed by atoms with van der Waals surface area (Å²) < 4.78 is 5.23. The van der Waals surface area contributed by atoms with Crippen LogP contribution < -0.4 is 5.32 Å². The van der Waals surface area contributed by atoms with Crippen LogP contribution in [0.2, 0.25) is 0 Å². The number of aromatic nitrogens is 1. The molecule has 2 heterocycles. The fourth-order valence-electron chi connectivity index (χ4n) is 3.10. The lowest BCUT2D eigenvalue weighted by atomic mass is 9.61. The highest BCUT2D eigenvalue weighted by Crippen LogP contribution is 2.48. The SMILES string of the molecule is Cc1cc(C2(C3CCCN3)CCC2)no1. The van der Waals surface area contributed by atoms with E-state index in [0.29, 0.717) is 11.5 Å². The molecule has 0 radical (unpaired) electrons. The molecule has 1 aromatic rings. The zero-order valence-corrected chi connectivity index (χ0v) is 9.25. The van der Waals surface area contributed by atoms with Crippen LogP contribution in [0, 0.1) is 6.92 Å². The van der Waals surface area contributed by atoms with Crippen molar-refractivity contribution in [2.75, 3.05) is 6.54 Å². The zero-order chi connectivity index (χ0) is 10.3. The van der Waals surface area contributed by atoms with Crippen molar-refractivity contribution in [3.8, 4) is 0 Å². The summed E-state index contributed by atoms with van der Waals surface area (Å²) in [5.41, 5.74) is 1.49. The van der Waals surface area contributed by atoms with E-state index < -0.39 is 0 Å². The van der Waals surface area contributed by atoms with E-state index in [1.807, 2.05) is 6.92 Å². The van der Waals surface area contributed by atoms with Crippen molar-refractivity contribution in [3.63, 3.8) is 0 Å². The molecule has 1 saturated heterocycles. The maximum Gasteiger partial charge on any atom is 0.133 e. The first kappa shape index (κ1) is 9.40. The van der Waals surface area contributed by atoms with Crippen LogP contribution in [-0.4, -0.2) is 17.7 Å². The van der Waals surface area contributed by atoms with E-state index >= 15 is 0 Å². The van der Waals surface area contributed by atoms with Crippen LogP contribution in [0.4, 0.5) is 0 Å². The van der Waals surface area contributed by atoms with Crippen molar-refractivity contribution >= 4 is 0 Å². The minimum Gasteiger partial charge on any atom is -0.361 e. The van der Waals surface area contributed by atoms with Gasteiger partial charge >= 0.3 is 0 Å². The second kappa shape index (κ2) is 3.34. The molecule has 3 nitrogen and oxygen atoms in total. The third-order valence-electron chi connectivity index (χ3n) is 4.11. The van der Waals surface area contributed by atoms with Crippen molar-refractivity contribution in [2.45, 2.75) is 50.5 Å². The molecule has 0 amide bonds. The Balaban J connectivity index is 1.91. The Morgan fingerprint density at radius 2 is 2.33 bits per heavy atom. The van der Waals surface area contributed by atoms with Gasteiger partial charge in [0.2, 0.25) is 0 Å². The van der Waals surface area contributed by atoms with Crippen LogP contribution in [0.1, 0.15) is 43.6 Å². The summed E-state index contributed by atoms with van der Waals surface area (Å²) >= 11 is 0. The Morgan fingerprint density at radius 3 is 2.80 bits per heavy atom.